The van der Waals surface area contributed by atoms with Crippen molar-refractivity contribution in [3.63, 3.8) is 0 Å². The predicted molar refractivity (Wildman–Crippen MR) is 78.6 cm³/mol. The Labute approximate surface area is 125 Å². The molecule has 2 rings (SSSR count). The third-order valence-electron chi connectivity index (χ3n) is 3.46. The number of hydrogen-bond donors (Lipinski definition) is 1. The fourth-order valence-corrected chi connectivity index (χ4v) is 2.51. The highest BCUT2D eigenvalue weighted by Crippen LogP contribution is 2.35. The van der Waals surface area contributed by atoms with E-state index in [1.54, 1.807) is 12.1 Å². The smallest absolute Gasteiger partial charge is 0.146 e. The standard InChI is InChI=1S/C16H15BrF2O/c1-3-10-4-6-11(7-5-10)16(2,20)14-13(18)9-8-12(17)15(14)19/h4-9,20H,3H2,1-2H3. The van der Waals surface area contributed by atoms with Gasteiger partial charge < -0.3 is 5.11 Å². The summed E-state index contributed by atoms with van der Waals surface area (Å²) >= 11 is 3.02. The second kappa shape index (κ2) is 5.62. The van der Waals surface area contributed by atoms with E-state index in [0.29, 0.717) is 5.56 Å². The maximum absolute atomic E-state index is 14.1. The van der Waals surface area contributed by atoms with Crippen molar-refractivity contribution in [3.8, 4) is 0 Å². The van der Waals surface area contributed by atoms with E-state index in [1.807, 2.05) is 19.1 Å². The monoisotopic (exact) mass is 340 g/mol. The number of hydrogen-bond acceptors (Lipinski definition) is 1. The lowest BCUT2D eigenvalue weighted by atomic mass is 9.87. The number of aryl methyl sites for hydroxylation is 1. The van der Waals surface area contributed by atoms with Gasteiger partial charge in [-0.25, -0.2) is 8.78 Å². The molecule has 0 saturated carbocycles. The summed E-state index contributed by atoms with van der Waals surface area (Å²) in [6.45, 7) is 3.41. The van der Waals surface area contributed by atoms with E-state index in [0.717, 1.165) is 18.1 Å². The summed E-state index contributed by atoms with van der Waals surface area (Å²) in [4.78, 5) is 0. The van der Waals surface area contributed by atoms with Crippen LogP contribution in [0.4, 0.5) is 8.78 Å². The molecule has 0 fully saturated rings. The molecule has 0 amide bonds. The molecule has 0 spiro atoms. The van der Waals surface area contributed by atoms with Gasteiger partial charge in [0.05, 0.1) is 10.0 Å². The van der Waals surface area contributed by atoms with Crippen LogP contribution in [0.5, 0.6) is 0 Å². The van der Waals surface area contributed by atoms with Crippen LogP contribution in [0.3, 0.4) is 0 Å². The molecule has 20 heavy (non-hydrogen) atoms. The molecule has 0 heterocycles. The quantitative estimate of drug-likeness (QED) is 0.813. The normalized spacial score (nSPS) is 14.1. The Bertz CT molecular complexity index is 621. The minimum Gasteiger partial charge on any atom is -0.380 e. The Hall–Kier alpha value is -1.26. The molecule has 0 aliphatic carbocycles. The van der Waals surface area contributed by atoms with E-state index in [1.165, 1.54) is 13.0 Å². The van der Waals surface area contributed by atoms with Crippen molar-refractivity contribution in [1.29, 1.82) is 0 Å². The summed E-state index contributed by atoms with van der Waals surface area (Å²) in [7, 11) is 0. The first-order valence-corrected chi connectivity index (χ1v) is 7.13. The highest BCUT2D eigenvalue weighted by Gasteiger charge is 2.33. The van der Waals surface area contributed by atoms with Gasteiger partial charge in [0.25, 0.3) is 0 Å². The fraction of sp³-hybridized carbons (Fsp3) is 0.250. The molecule has 0 bridgehead atoms. The largest absolute Gasteiger partial charge is 0.380 e. The maximum Gasteiger partial charge on any atom is 0.146 e. The van der Waals surface area contributed by atoms with Crippen LogP contribution in [0.1, 0.15) is 30.5 Å². The molecular weight excluding hydrogens is 326 g/mol. The number of rotatable bonds is 3. The van der Waals surface area contributed by atoms with Crippen molar-refractivity contribution in [2.45, 2.75) is 25.9 Å². The van der Waals surface area contributed by atoms with Gasteiger partial charge in [-0.2, -0.15) is 0 Å². The summed E-state index contributed by atoms with van der Waals surface area (Å²) in [5.74, 6) is -1.55. The lowest BCUT2D eigenvalue weighted by Gasteiger charge is -2.26. The Balaban J connectivity index is 2.56. The lowest BCUT2D eigenvalue weighted by molar-refractivity contribution is 0.0932. The minimum absolute atomic E-state index is 0.124. The molecule has 106 valence electrons. The summed E-state index contributed by atoms with van der Waals surface area (Å²) in [5, 5.41) is 10.6. The zero-order valence-electron chi connectivity index (χ0n) is 11.3. The van der Waals surface area contributed by atoms with Gasteiger partial charge in [0.15, 0.2) is 0 Å². The van der Waals surface area contributed by atoms with Crippen LogP contribution in [0.2, 0.25) is 0 Å². The summed E-state index contributed by atoms with van der Waals surface area (Å²) in [5.41, 5.74) is -0.536. The zero-order chi connectivity index (χ0) is 14.9. The van der Waals surface area contributed by atoms with E-state index in [2.05, 4.69) is 15.9 Å². The van der Waals surface area contributed by atoms with Crippen LogP contribution in [0.25, 0.3) is 0 Å². The van der Waals surface area contributed by atoms with Crippen molar-refractivity contribution in [3.05, 3.63) is 69.2 Å². The van der Waals surface area contributed by atoms with Crippen molar-refractivity contribution >= 4 is 15.9 Å². The molecule has 0 radical (unpaired) electrons. The number of benzene rings is 2. The topological polar surface area (TPSA) is 20.2 Å². The molecule has 1 atom stereocenters. The fourth-order valence-electron chi connectivity index (χ4n) is 2.18. The SMILES string of the molecule is CCc1ccc(C(C)(O)c2c(F)ccc(Br)c2F)cc1. The predicted octanol–water partition coefficient (Wildman–Crippen LogP) is 4.55. The summed E-state index contributed by atoms with van der Waals surface area (Å²) in [6, 6.07) is 9.49. The molecule has 2 aromatic rings. The average molecular weight is 341 g/mol. The first-order chi connectivity index (χ1) is 9.37. The minimum atomic E-state index is -1.73. The van der Waals surface area contributed by atoms with Crippen LogP contribution in [-0.4, -0.2) is 5.11 Å². The Morgan fingerprint density at radius 1 is 1.10 bits per heavy atom. The van der Waals surface area contributed by atoms with Crippen LogP contribution in [0, 0.1) is 11.6 Å². The van der Waals surface area contributed by atoms with Gasteiger partial charge in [-0.15, -0.1) is 0 Å². The highest BCUT2D eigenvalue weighted by atomic mass is 79.9. The lowest BCUT2D eigenvalue weighted by Crippen LogP contribution is -2.26. The van der Waals surface area contributed by atoms with Crippen LogP contribution in [-0.2, 0) is 12.0 Å². The first-order valence-electron chi connectivity index (χ1n) is 6.33. The van der Waals surface area contributed by atoms with Gasteiger partial charge in [-0.05, 0) is 52.5 Å². The van der Waals surface area contributed by atoms with E-state index in [4.69, 9.17) is 0 Å². The maximum atomic E-state index is 14.1. The molecule has 0 aliphatic heterocycles. The first kappa shape index (κ1) is 15.1. The Morgan fingerprint density at radius 3 is 2.25 bits per heavy atom. The third kappa shape index (κ3) is 2.63. The Morgan fingerprint density at radius 2 is 1.70 bits per heavy atom. The average Bonchev–Trinajstić information content (AvgIpc) is 2.43. The summed E-state index contributed by atoms with van der Waals surface area (Å²) in [6.07, 6.45) is 0.863. The van der Waals surface area contributed by atoms with Gasteiger partial charge in [0.1, 0.15) is 17.2 Å². The van der Waals surface area contributed by atoms with Gasteiger partial charge >= 0.3 is 0 Å². The van der Waals surface area contributed by atoms with Crippen molar-refractivity contribution < 1.29 is 13.9 Å². The zero-order valence-corrected chi connectivity index (χ0v) is 12.8. The van der Waals surface area contributed by atoms with E-state index >= 15 is 0 Å². The van der Waals surface area contributed by atoms with Crippen molar-refractivity contribution in [2.75, 3.05) is 0 Å². The Kier molecular flexibility index (Phi) is 4.25. The van der Waals surface area contributed by atoms with Gasteiger partial charge in [-0.1, -0.05) is 31.2 Å². The van der Waals surface area contributed by atoms with E-state index in [9.17, 15) is 13.9 Å². The van der Waals surface area contributed by atoms with E-state index < -0.39 is 17.2 Å². The van der Waals surface area contributed by atoms with Crippen LogP contribution < -0.4 is 0 Å². The van der Waals surface area contributed by atoms with Crippen LogP contribution >= 0.6 is 15.9 Å². The van der Waals surface area contributed by atoms with Crippen molar-refractivity contribution in [2.24, 2.45) is 0 Å². The van der Waals surface area contributed by atoms with Crippen molar-refractivity contribution in [1.82, 2.24) is 0 Å². The molecule has 1 unspecified atom stereocenters. The molecule has 1 nitrogen and oxygen atoms in total. The van der Waals surface area contributed by atoms with Gasteiger partial charge in [-0.3, -0.25) is 0 Å². The molecule has 0 aromatic heterocycles. The second-order valence-corrected chi connectivity index (χ2v) is 5.70. The molecular formula is C16H15BrF2O. The molecule has 0 aliphatic rings. The second-order valence-electron chi connectivity index (χ2n) is 4.84. The third-order valence-corrected chi connectivity index (χ3v) is 4.07. The molecule has 2 aromatic carbocycles. The van der Waals surface area contributed by atoms with Gasteiger partial charge in [0, 0.05) is 0 Å². The van der Waals surface area contributed by atoms with Gasteiger partial charge in [0.2, 0.25) is 0 Å². The summed E-state index contributed by atoms with van der Waals surface area (Å²) < 4.78 is 28.2. The number of halogens is 3. The molecule has 4 heteroatoms. The molecule has 0 saturated heterocycles. The highest BCUT2D eigenvalue weighted by molar-refractivity contribution is 9.10. The van der Waals surface area contributed by atoms with Crippen LogP contribution in [0.15, 0.2) is 40.9 Å². The molecule has 1 N–H and O–H groups in total. The number of aliphatic hydroxyl groups is 1. The van der Waals surface area contributed by atoms with E-state index in [-0.39, 0.29) is 10.0 Å².